The van der Waals surface area contributed by atoms with E-state index in [4.69, 9.17) is 0 Å². The van der Waals surface area contributed by atoms with E-state index >= 15 is 0 Å². The molecule has 0 fully saturated rings. The van der Waals surface area contributed by atoms with Crippen LogP contribution < -0.4 is 5.69 Å². The van der Waals surface area contributed by atoms with Crippen LogP contribution in [0.15, 0.2) is 17.2 Å². The van der Waals surface area contributed by atoms with E-state index in [-0.39, 0.29) is 5.69 Å². The van der Waals surface area contributed by atoms with Crippen molar-refractivity contribution in [2.45, 2.75) is 45.7 Å². The minimum Gasteiger partial charge on any atom is -0.299 e. The maximum absolute atomic E-state index is 11.7. The van der Waals surface area contributed by atoms with Crippen molar-refractivity contribution in [2.24, 2.45) is 0 Å². The summed E-state index contributed by atoms with van der Waals surface area (Å²) in [5.74, 6) is 0.936. The van der Waals surface area contributed by atoms with Gasteiger partial charge in [0.1, 0.15) is 0 Å². The van der Waals surface area contributed by atoms with Gasteiger partial charge in [-0.05, 0) is 25.0 Å². The van der Waals surface area contributed by atoms with Crippen LogP contribution in [0.3, 0.4) is 0 Å². The van der Waals surface area contributed by atoms with Crippen molar-refractivity contribution in [3.8, 4) is 0 Å². The monoisotopic (exact) mass is 228 g/mol. The van der Waals surface area contributed by atoms with Gasteiger partial charge in [-0.25, -0.2) is 4.79 Å². The van der Waals surface area contributed by atoms with E-state index in [2.05, 4.69) is 19.6 Å². The second kappa shape index (κ2) is 6.77. The predicted molar refractivity (Wildman–Crippen MR) is 66.7 cm³/mol. The number of nitrogens with zero attached hydrogens (tertiary/aromatic N) is 2. The lowest BCUT2D eigenvalue weighted by Crippen LogP contribution is -2.24. The highest BCUT2D eigenvalue weighted by molar-refractivity contribution is 7.80. The summed E-state index contributed by atoms with van der Waals surface area (Å²) < 4.78 is 3.58. The number of imidazole rings is 1. The first-order chi connectivity index (χ1) is 7.29. The lowest BCUT2D eigenvalue weighted by molar-refractivity contribution is 0.563. The Morgan fingerprint density at radius 3 is 2.40 bits per heavy atom. The van der Waals surface area contributed by atoms with Gasteiger partial charge in [-0.3, -0.25) is 9.13 Å². The largest absolute Gasteiger partial charge is 0.328 e. The first-order valence-electron chi connectivity index (χ1n) is 5.66. The summed E-state index contributed by atoms with van der Waals surface area (Å²) in [4.78, 5) is 11.7. The van der Waals surface area contributed by atoms with Gasteiger partial charge >= 0.3 is 5.69 Å². The Bertz CT molecular complexity index is 330. The average Bonchev–Trinajstić information content (AvgIpc) is 2.57. The summed E-state index contributed by atoms with van der Waals surface area (Å²) in [6, 6.07) is 0. The van der Waals surface area contributed by atoms with Crippen molar-refractivity contribution in [2.75, 3.05) is 5.75 Å². The first-order valence-corrected chi connectivity index (χ1v) is 6.29. The summed E-state index contributed by atoms with van der Waals surface area (Å²) in [5, 5.41) is 0. The molecule has 0 radical (unpaired) electrons. The van der Waals surface area contributed by atoms with Crippen LogP contribution in [0.5, 0.6) is 0 Å². The second-order valence-electron chi connectivity index (χ2n) is 3.75. The average molecular weight is 228 g/mol. The lowest BCUT2D eigenvalue weighted by Gasteiger charge is -2.01. The van der Waals surface area contributed by atoms with Crippen molar-refractivity contribution >= 4 is 12.6 Å². The third-order valence-electron chi connectivity index (χ3n) is 2.44. The van der Waals surface area contributed by atoms with Gasteiger partial charge in [0.05, 0.1) is 0 Å². The van der Waals surface area contributed by atoms with E-state index in [0.29, 0.717) is 0 Å². The molecular formula is C11H20N2OS. The molecule has 0 atom stereocenters. The topological polar surface area (TPSA) is 26.9 Å². The fourth-order valence-electron chi connectivity index (χ4n) is 1.61. The Balaban J connectivity index is 2.44. The van der Waals surface area contributed by atoms with Gasteiger partial charge in [-0.1, -0.05) is 13.3 Å². The molecule has 0 aliphatic heterocycles. The van der Waals surface area contributed by atoms with E-state index in [1.807, 2.05) is 12.4 Å². The zero-order valence-corrected chi connectivity index (χ0v) is 10.2. The summed E-state index contributed by atoms with van der Waals surface area (Å²) >= 11 is 4.16. The van der Waals surface area contributed by atoms with Crippen molar-refractivity contribution < 1.29 is 0 Å². The molecule has 1 aromatic heterocycles. The van der Waals surface area contributed by atoms with Crippen LogP contribution in [0.4, 0.5) is 0 Å². The van der Waals surface area contributed by atoms with Gasteiger partial charge in [-0.15, -0.1) is 0 Å². The first kappa shape index (κ1) is 12.4. The molecule has 0 unspecified atom stereocenters. The molecule has 0 aromatic carbocycles. The van der Waals surface area contributed by atoms with Crippen molar-refractivity contribution in [3.05, 3.63) is 22.9 Å². The summed E-state index contributed by atoms with van der Waals surface area (Å²) in [6.45, 7) is 3.74. The maximum Gasteiger partial charge on any atom is 0.328 e. The normalized spacial score (nSPS) is 10.8. The Labute approximate surface area is 96.5 Å². The van der Waals surface area contributed by atoms with Crippen LogP contribution >= 0.6 is 12.6 Å². The molecule has 0 saturated heterocycles. The van der Waals surface area contributed by atoms with Crippen LogP contribution in [-0.4, -0.2) is 14.9 Å². The Morgan fingerprint density at radius 1 is 1.13 bits per heavy atom. The van der Waals surface area contributed by atoms with E-state index in [1.54, 1.807) is 9.13 Å². The number of rotatable bonds is 7. The number of unbranched alkanes of at least 4 members (excludes halogenated alkanes) is 2. The molecule has 15 heavy (non-hydrogen) atoms. The highest BCUT2D eigenvalue weighted by Crippen LogP contribution is 1.99. The van der Waals surface area contributed by atoms with Gasteiger partial charge in [0.25, 0.3) is 0 Å². The molecule has 0 bridgehead atoms. The Morgan fingerprint density at radius 2 is 1.80 bits per heavy atom. The molecule has 0 N–H and O–H groups in total. The summed E-state index contributed by atoms with van der Waals surface area (Å²) in [7, 11) is 0. The molecule has 1 rings (SSSR count). The molecule has 4 heteroatoms. The van der Waals surface area contributed by atoms with Crippen LogP contribution in [0.1, 0.15) is 32.6 Å². The van der Waals surface area contributed by atoms with Crippen molar-refractivity contribution in [1.29, 1.82) is 0 Å². The van der Waals surface area contributed by atoms with Gasteiger partial charge in [0, 0.05) is 25.5 Å². The molecular weight excluding hydrogens is 208 g/mol. The molecule has 0 aliphatic rings. The van der Waals surface area contributed by atoms with Crippen LogP contribution in [0, 0.1) is 0 Å². The van der Waals surface area contributed by atoms with Crippen LogP contribution in [0.25, 0.3) is 0 Å². The van der Waals surface area contributed by atoms with Gasteiger partial charge in [-0.2, -0.15) is 12.6 Å². The van der Waals surface area contributed by atoms with Gasteiger partial charge in [0.15, 0.2) is 0 Å². The Hall–Kier alpha value is -0.640. The van der Waals surface area contributed by atoms with Gasteiger partial charge < -0.3 is 0 Å². The third-order valence-corrected chi connectivity index (χ3v) is 2.76. The SMILES string of the molecule is CCCn1ccn(CCCCCS)c1=O. The minimum atomic E-state index is 0.128. The number of hydrogen-bond acceptors (Lipinski definition) is 2. The molecule has 0 aliphatic carbocycles. The fourth-order valence-corrected chi connectivity index (χ4v) is 1.83. The second-order valence-corrected chi connectivity index (χ2v) is 4.20. The Kier molecular flexibility index (Phi) is 5.61. The van der Waals surface area contributed by atoms with E-state index in [1.165, 1.54) is 0 Å². The van der Waals surface area contributed by atoms with Crippen molar-refractivity contribution in [1.82, 2.24) is 9.13 Å². The summed E-state index contributed by atoms with van der Waals surface area (Å²) in [5.41, 5.74) is 0.128. The molecule has 86 valence electrons. The molecule has 0 spiro atoms. The van der Waals surface area contributed by atoms with E-state index in [9.17, 15) is 4.79 Å². The number of hydrogen-bond donors (Lipinski definition) is 1. The van der Waals surface area contributed by atoms with Crippen LogP contribution in [0.2, 0.25) is 0 Å². The summed E-state index contributed by atoms with van der Waals surface area (Å²) in [6.07, 6.45) is 8.12. The number of aromatic nitrogens is 2. The molecule has 1 heterocycles. The third kappa shape index (κ3) is 3.78. The van der Waals surface area contributed by atoms with Crippen molar-refractivity contribution in [3.63, 3.8) is 0 Å². The minimum absolute atomic E-state index is 0.128. The quantitative estimate of drug-likeness (QED) is 0.562. The van der Waals surface area contributed by atoms with Crippen LogP contribution in [-0.2, 0) is 13.1 Å². The predicted octanol–water partition coefficient (Wildman–Crippen LogP) is 2.16. The van der Waals surface area contributed by atoms with E-state index in [0.717, 1.165) is 44.5 Å². The molecule has 1 aromatic rings. The number of thiol groups is 1. The maximum atomic E-state index is 11.7. The lowest BCUT2D eigenvalue weighted by atomic mass is 10.2. The van der Waals surface area contributed by atoms with Gasteiger partial charge in [0.2, 0.25) is 0 Å². The standard InChI is InChI=1S/C11H20N2OS/c1-2-6-12-8-9-13(11(12)14)7-4-3-5-10-15/h8-9,15H,2-7,10H2,1H3. The zero-order chi connectivity index (χ0) is 11.1. The molecule has 0 amide bonds. The number of aryl methyl sites for hydroxylation is 2. The smallest absolute Gasteiger partial charge is 0.299 e. The highest BCUT2D eigenvalue weighted by Gasteiger charge is 2.01. The molecule has 0 saturated carbocycles. The molecule has 3 nitrogen and oxygen atoms in total. The fraction of sp³-hybridized carbons (Fsp3) is 0.727. The van der Waals surface area contributed by atoms with E-state index < -0.39 is 0 Å². The highest BCUT2D eigenvalue weighted by atomic mass is 32.1. The zero-order valence-electron chi connectivity index (χ0n) is 9.35.